The molecule has 40 heavy (non-hydrogen) atoms. The Labute approximate surface area is 232 Å². The minimum absolute atomic E-state index is 0.0807. The van der Waals surface area contributed by atoms with Gasteiger partial charge < -0.3 is 9.64 Å². The van der Waals surface area contributed by atoms with Crippen LogP contribution in [-0.4, -0.2) is 54.3 Å². The van der Waals surface area contributed by atoms with Crippen molar-refractivity contribution < 1.29 is 4.74 Å². The van der Waals surface area contributed by atoms with Crippen LogP contribution in [0.15, 0.2) is 41.5 Å². The normalized spacial score (nSPS) is 15.1. The van der Waals surface area contributed by atoms with E-state index in [4.69, 9.17) is 9.72 Å². The number of nitriles is 1. The van der Waals surface area contributed by atoms with E-state index in [1.807, 2.05) is 38.5 Å². The fourth-order valence-electron chi connectivity index (χ4n) is 5.82. The SMILES string of the molecule is COC1(C)CN(c2cc(-n3c(C(C)(C)C)nc4cc(-c5cnn(C)c5)c(C#N)cc43)cc3c2n(C)c(=O)n3C)C1. The fraction of sp³-hybridized carbons (Fsp3) is 0.400. The highest BCUT2D eigenvalue weighted by Gasteiger charge is 2.40. The standard InChI is InChI=1S/C30H34N8O2/c1-29(2,3)27-33-22-12-21(19-14-32-34(5)15-19)18(13-31)9-23(22)38(27)20-10-24-26(36(7)28(39)35(24)6)25(11-20)37-16-30(4,17-37)40-8/h9-12,14-15H,16-17H2,1-8H3. The van der Waals surface area contributed by atoms with Crippen molar-refractivity contribution in [3.8, 4) is 22.9 Å². The van der Waals surface area contributed by atoms with Crippen LogP contribution in [-0.2, 0) is 31.3 Å². The Morgan fingerprint density at radius 2 is 1.77 bits per heavy atom. The van der Waals surface area contributed by atoms with E-state index >= 15 is 0 Å². The molecule has 1 aliphatic rings. The molecule has 10 nitrogen and oxygen atoms in total. The molecule has 0 aliphatic carbocycles. The summed E-state index contributed by atoms with van der Waals surface area (Å²) in [6.07, 6.45) is 3.67. The lowest BCUT2D eigenvalue weighted by atomic mass is 9.94. The van der Waals surface area contributed by atoms with Gasteiger partial charge in [-0.2, -0.15) is 10.4 Å². The number of anilines is 1. The number of imidazole rings is 2. The number of fused-ring (bicyclic) bond motifs is 2. The number of rotatable bonds is 4. The van der Waals surface area contributed by atoms with Gasteiger partial charge in [0.15, 0.2) is 0 Å². The third-order valence-electron chi connectivity index (χ3n) is 8.07. The summed E-state index contributed by atoms with van der Waals surface area (Å²) in [5, 5.41) is 14.4. The summed E-state index contributed by atoms with van der Waals surface area (Å²) >= 11 is 0. The predicted molar refractivity (Wildman–Crippen MR) is 156 cm³/mol. The van der Waals surface area contributed by atoms with Crippen molar-refractivity contribution >= 4 is 27.8 Å². The van der Waals surface area contributed by atoms with Gasteiger partial charge in [-0.05, 0) is 31.2 Å². The Kier molecular flexibility index (Phi) is 5.55. The second kappa shape index (κ2) is 8.57. The zero-order valence-corrected chi connectivity index (χ0v) is 24.3. The molecular formula is C30H34N8O2. The molecule has 1 fully saturated rings. The summed E-state index contributed by atoms with van der Waals surface area (Å²) < 4.78 is 13.0. The minimum atomic E-state index is -0.302. The van der Waals surface area contributed by atoms with Crippen molar-refractivity contribution in [1.29, 1.82) is 5.26 Å². The highest BCUT2D eigenvalue weighted by molar-refractivity contribution is 5.94. The van der Waals surface area contributed by atoms with Crippen LogP contribution >= 0.6 is 0 Å². The van der Waals surface area contributed by atoms with E-state index in [1.54, 1.807) is 34.2 Å². The fourth-order valence-corrected chi connectivity index (χ4v) is 5.82. The highest BCUT2D eigenvalue weighted by Crippen LogP contribution is 2.39. The number of methoxy groups -OCH3 is 1. The van der Waals surface area contributed by atoms with Crippen molar-refractivity contribution in [2.75, 3.05) is 25.1 Å². The predicted octanol–water partition coefficient (Wildman–Crippen LogP) is 4.01. The Balaban J connectivity index is 1.66. The van der Waals surface area contributed by atoms with Crippen LogP contribution in [0.25, 0.3) is 38.9 Å². The lowest BCUT2D eigenvalue weighted by molar-refractivity contribution is -0.0166. The number of hydrogen-bond acceptors (Lipinski definition) is 6. The molecule has 2 aromatic carbocycles. The van der Waals surface area contributed by atoms with Crippen LogP contribution in [0.5, 0.6) is 0 Å². The van der Waals surface area contributed by atoms with Gasteiger partial charge in [0.2, 0.25) is 0 Å². The van der Waals surface area contributed by atoms with Gasteiger partial charge in [0.25, 0.3) is 0 Å². The van der Waals surface area contributed by atoms with Crippen LogP contribution in [0, 0.1) is 11.3 Å². The van der Waals surface area contributed by atoms with Gasteiger partial charge >= 0.3 is 5.69 Å². The first-order chi connectivity index (χ1) is 18.8. The van der Waals surface area contributed by atoms with E-state index in [2.05, 4.69) is 54.4 Å². The summed E-state index contributed by atoms with van der Waals surface area (Å²) in [5.74, 6) is 0.867. The van der Waals surface area contributed by atoms with E-state index in [0.29, 0.717) is 5.56 Å². The van der Waals surface area contributed by atoms with Gasteiger partial charge in [0.1, 0.15) is 5.82 Å². The zero-order chi connectivity index (χ0) is 28.7. The van der Waals surface area contributed by atoms with E-state index < -0.39 is 0 Å². The molecule has 1 saturated heterocycles. The van der Waals surface area contributed by atoms with E-state index in [-0.39, 0.29) is 16.7 Å². The maximum absolute atomic E-state index is 13.1. The zero-order valence-electron chi connectivity index (χ0n) is 24.3. The smallest absolute Gasteiger partial charge is 0.328 e. The van der Waals surface area contributed by atoms with Crippen LogP contribution in [0.3, 0.4) is 0 Å². The minimum Gasteiger partial charge on any atom is -0.375 e. The molecular weight excluding hydrogens is 504 g/mol. The molecule has 0 atom stereocenters. The molecule has 0 spiro atoms. The molecule has 5 aromatic rings. The molecule has 1 aliphatic heterocycles. The molecule has 0 amide bonds. The summed E-state index contributed by atoms with van der Waals surface area (Å²) in [6, 6.07) is 10.5. The monoisotopic (exact) mass is 538 g/mol. The van der Waals surface area contributed by atoms with Crippen molar-refractivity contribution in [3.05, 3.63) is 58.5 Å². The number of aromatic nitrogens is 6. The third-order valence-corrected chi connectivity index (χ3v) is 8.07. The summed E-state index contributed by atoms with van der Waals surface area (Å²) in [4.78, 5) is 20.4. The molecule has 206 valence electrons. The Morgan fingerprint density at radius 1 is 1.05 bits per heavy atom. The molecule has 0 saturated carbocycles. The first-order valence-electron chi connectivity index (χ1n) is 13.3. The van der Waals surface area contributed by atoms with Gasteiger partial charge in [-0.25, -0.2) is 9.78 Å². The third kappa shape index (κ3) is 3.76. The van der Waals surface area contributed by atoms with Crippen molar-refractivity contribution in [1.82, 2.24) is 28.5 Å². The van der Waals surface area contributed by atoms with Crippen molar-refractivity contribution in [2.45, 2.75) is 38.7 Å². The van der Waals surface area contributed by atoms with Gasteiger partial charge in [-0.3, -0.25) is 18.4 Å². The second-order valence-electron chi connectivity index (χ2n) is 12.2. The first-order valence-corrected chi connectivity index (χ1v) is 13.3. The van der Waals surface area contributed by atoms with Crippen LogP contribution in [0.4, 0.5) is 5.69 Å². The quantitative estimate of drug-likeness (QED) is 0.343. The lowest BCUT2D eigenvalue weighted by Crippen LogP contribution is -2.61. The van der Waals surface area contributed by atoms with Crippen molar-refractivity contribution in [2.24, 2.45) is 21.1 Å². The highest BCUT2D eigenvalue weighted by atomic mass is 16.5. The summed E-state index contributed by atoms with van der Waals surface area (Å²) in [7, 11) is 7.22. The average molecular weight is 539 g/mol. The average Bonchev–Trinajstić information content (AvgIpc) is 3.56. The van der Waals surface area contributed by atoms with Crippen molar-refractivity contribution in [3.63, 3.8) is 0 Å². The molecule has 4 heterocycles. The molecule has 3 aromatic heterocycles. The summed E-state index contributed by atoms with van der Waals surface area (Å²) in [5.41, 5.74) is 6.81. The number of ether oxygens (including phenoxy) is 1. The van der Waals surface area contributed by atoms with Crippen LogP contribution in [0.1, 0.15) is 39.1 Å². The largest absolute Gasteiger partial charge is 0.375 e. The maximum Gasteiger partial charge on any atom is 0.328 e. The number of hydrogen-bond donors (Lipinski definition) is 0. The lowest BCUT2D eigenvalue weighted by Gasteiger charge is -2.48. The molecule has 0 unspecified atom stereocenters. The second-order valence-corrected chi connectivity index (χ2v) is 12.2. The molecule has 0 bridgehead atoms. The van der Waals surface area contributed by atoms with E-state index in [0.717, 1.165) is 63.5 Å². The Hall–Kier alpha value is -4.36. The topological polar surface area (TPSA) is 98.8 Å². The Bertz CT molecular complexity index is 1920. The van der Waals surface area contributed by atoms with Gasteiger partial charge in [-0.15, -0.1) is 0 Å². The first kappa shape index (κ1) is 25.9. The number of nitrogens with zero attached hydrogens (tertiary/aromatic N) is 8. The van der Waals surface area contributed by atoms with E-state index in [9.17, 15) is 10.1 Å². The molecule has 10 heteroatoms. The van der Waals surface area contributed by atoms with Crippen LogP contribution < -0.4 is 10.6 Å². The van der Waals surface area contributed by atoms with Crippen LogP contribution in [0.2, 0.25) is 0 Å². The molecule has 0 N–H and O–H groups in total. The molecule has 0 radical (unpaired) electrons. The van der Waals surface area contributed by atoms with Gasteiger partial charge in [0, 0.05) is 64.1 Å². The molecule has 6 rings (SSSR count). The summed E-state index contributed by atoms with van der Waals surface area (Å²) in [6.45, 7) is 9.93. The Morgan fingerprint density at radius 3 is 2.38 bits per heavy atom. The number of aryl methyl sites for hydroxylation is 3. The van der Waals surface area contributed by atoms with Gasteiger partial charge in [-0.1, -0.05) is 20.8 Å². The van der Waals surface area contributed by atoms with E-state index in [1.165, 1.54) is 0 Å². The van der Waals surface area contributed by atoms with Gasteiger partial charge in [0.05, 0.1) is 56.9 Å². The number of benzene rings is 2. The maximum atomic E-state index is 13.1.